The Labute approximate surface area is 178 Å². The van der Waals surface area contributed by atoms with E-state index in [1.165, 1.54) is 21.6 Å². The first-order chi connectivity index (χ1) is 13.8. The van der Waals surface area contributed by atoms with Crippen LogP contribution in [0.2, 0.25) is 10.3 Å². The highest BCUT2D eigenvalue weighted by atomic mass is 35.5. The van der Waals surface area contributed by atoms with Crippen molar-refractivity contribution < 1.29 is 4.79 Å². The molecule has 0 aliphatic carbocycles. The number of nitrogens with one attached hydrogen (secondary N) is 1. The molecule has 2 rings (SSSR count). The Bertz CT molecular complexity index is 987. The highest BCUT2D eigenvalue weighted by molar-refractivity contribution is 6.35. The zero-order valence-electron chi connectivity index (χ0n) is 16.5. The number of anilines is 2. The van der Waals surface area contributed by atoms with Crippen LogP contribution in [0.15, 0.2) is 21.7 Å². The highest BCUT2D eigenvalue weighted by Crippen LogP contribution is 2.24. The van der Waals surface area contributed by atoms with Crippen molar-refractivity contribution in [3.63, 3.8) is 0 Å². The lowest BCUT2D eigenvalue weighted by atomic mass is 10.2. The predicted octanol–water partition coefficient (Wildman–Crippen LogP) is 3.46. The molecule has 2 aromatic rings. The van der Waals surface area contributed by atoms with Gasteiger partial charge in [0.25, 0.3) is 11.5 Å². The largest absolute Gasteiger partial charge is 0.383 e. The van der Waals surface area contributed by atoms with Crippen molar-refractivity contribution in [1.82, 2.24) is 14.5 Å². The normalized spacial score (nSPS) is 10.9. The van der Waals surface area contributed by atoms with Crippen molar-refractivity contribution in [1.29, 1.82) is 0 Å². The van der Waals surface area contributed by atoms with Gasteiger partial charge in [0.05, 0.1) is 5.56 Å². The number of aromatic amines is 1. The highest BCUT2D eigenvalue weighted by Gasteiger charge is 2.26. The van der Waals surface area contributed by atoms with Gasteiger partial charge in [0.1, 0.15) is 16.1 Å². The second-order valence-electron chi connectivity index (χ2n) is 6.63. The van der Waals surface area contributed by atoms with Gasteiger partial charge >= 0.3 is 5.69 Å². The van der Waals surface area contributed by atoms with Crippen molar-refractivity contribution in [2.24, 2.45) is 0 Å². The van der Waals surface area contributed by atoms with Gasteiger partial charge in [-0.1, -0.05) is 56.3 Å². The number of hydrogen-bond acceptors (Lipinski definition) is 5. The Morgan fingerprint density at radius 2 is 1.86 bits per heavy atom. The van der Waals surface area contributed by atoms with Crippen molar-refractivity contribution >= 4 is 40.6 Å². The van der Waals surface area contributed by atoms with Crippen molar-refractivity contribution in [3.8, 4) is 0 Å². The maximum Gasteiger partial charge on any atom is 0.330 e. The summed E-state index contributed by atoms with van der Waals surface area (Å²) in [5.41, 5.74) is 4.90. The van der Waals surface area contributed by atoms with Crippen LogP contribution in [-0.4, -0.2) is 27.0 Å². The van der Waals surface area contributed by atoms with Crippen molar-refractivity contribution in [3.05, 3.63) is 48.8 Å². The summed E-state index contributed by atoms with van der Waals surface area (Å²) >= 11 is 11.9. The summed E-state index contributed by atoms with van der Waals surface area (Å²) < 4.78 is 1.28. The summed E-state index contributed by atoms with van der Waals surface area (Å²) in [4.78, 5) is 45.5. The zero-order valence-corrected chi connectivity index (χ0v) is 18.0. The molecular weight excluding hydrogens is 417 g/mol. The van der Waals surface area contributed by atoms with E-state index in [4.69, 9.17) is 28.9 Å². The first-order valence-corrected chi connectivity index (χ1v) is 10.3. The fourth-order valence-electron chi connectivity index (χ4n) is 2.93. The van der Waals surface area contributed by atoms with Crippen molar-refractivity contribution in [2.75, 3.05) is 17.2 Å². The number of nitrogens with zero attached hydrogens (tertiary/aromatic N) is 3. The SMILES string of the molecule is CCCCCN(C(=O)c1ccc(Cl)nc1Cl)c1c(N)n(CCCC)c(=O)[nH]c1=O. The van der Waals surface area contributed by atoms with Crippen LogP contribution in [0.3, 0.4) is 0 Å². The summed E-state index contributed by atoms with van der Waals surface area (Å²) in [5, 5.41) is 0.0758. The minimum atomic E-state index is -0.719. The molecule has 0 spiro atoms. The summed E-state index contributed by atoms with van der Waals surface area (Å²) in [6.45, 7) is 4.58. The Morgan fingerprint density at radius 3 is 2.48 bits per heavy atom. The van der Waals surface area contributed by atoms with Crippen LogP contribution in [-0.2, 0) is 6.54 Å². The van der Waals surface area contributed by atoms with Crippen LogP contribution < -0.4 is 21.9 Å². The average Bonchev–Trinajstić information content (AvgIpc) is 2.66. The van der Waals surface area contributed by atoms with Gasteiger partial charge in [-0.15, -0.1) is 0 Å². The van der Waals surface area contributed by atoms with Crippen LogP contribution in [0, 0.1) is 0 Å². The van der Waals surface area contributed by atoms with E-state index in [0.29, 0.717) is 19.4 Å². The first kappa shape index (κ1) is 23.0. The minimum absolute atomic E-state index is 0.0462. The van der Waals surface area contributed by atoms with Crippen LogP contribution in [0.5, 0.6) is 0 Å². The van der Waals surface area contributed by atoms with Crippen LogP contribution in [0.1, 0.15) is 56.3 Å². The predicted molar refractivity (Wildman–Crippen MR) is 116 cm³/mol. The lowest BCUT2D eigenvalue weighted by Gasteiger charge is -2.25. The fourth-order valence-corrected chi connectivity index (χ4v) is 3.35. The molecule has 10 heteroatoms. The number of hydrogen-bond donors (Lipinski definition) is 2. The van der Waals surface area contributed by atoms with Gasteiger partial charge in [0.2, 0.25) is 0 Å². The number of halogens is 2. The zero-order chi connectivity index (χ0) is 21.6. The molecule has 29 heavy (non-hydrogen) atoms. The van der Waals surface area contributed by atoms with E-state index in [1.54, 1.807) is 0 Å². The molecule has 2 heterocycles. The third-order valence-corrected chi connectivity index (χ3v) is 4.99. The monoisotopic (exact) mass is 441 g/mol. The third-order valence-electron chi connectivity index (χ3n) is 4.49. The van der Waals surface area contributed by atoms with E-state index < -0.39 is 17.2 Å². The molecule has 2 aromatic heterocycles. The summed E-state index contributed by atoms with van der Waals surface area (Å²) in [7, 11) is 0. The Morgan fingerprint density at radius 1 is 1.17 bits per heavy atom. The number of rotatable bonds is 9. The number of pyridine rings is 1. The number of nitrogens with two attached hydrogens (primary N) is 1. The van der Waals surface area contributed by atoms with Gasteiger partial charge < -0.3 is 10.6 Å². The molecule has 0 unspecified atom stereocenters. The maximum absolute atomic E-state index is 13.2. The maximum atomic E-state index is 13.2. The van der Waals surface area contributed by atoms with Gasteiger partial charge in [-0.05, 0) is 25.0 Å². The van der Waals surface area contributed by atoms with E-state index >= 15 is 0 Å². The Hall–Kier alpha value is -2.32. The number of unbranched alkanes of at least 4 members (excludes halogenated alkanes) is 3. The third kappa shape index (κ3) is 5.39. The fraction of sp³-hybridized carbons (Fsp3) is 0.474. The number of aromatic nitrogens is 3. The minimum Gasteiger partial charge on any atom is -0.383 e. The molecule has 158 valence electrons. The molecular formula is C19H25Cl2N5O3. The van der Waals surface area contributed by atoms with E-state index in [1.807, 2.05) is 13.8 Å². The topological polar surface area (TPSA) is 114 Å². The van der Waals surface area contributed by atoms with Crippen LogP contribution in [0.4, 0.5) is 11.5 Å². The smallest absolute Gasteiger partial charge is 0.330 e. The van der Waals surface area contributed by atoms with E-state index in [-0.39, 0.29) is 33.9 Å². The van der Waals surface area contributed by atoms with Gasteiger partial charge in [-0.25, -0.2) is 9.78 Å². The molecule has 8 nitrogen and oxygen atoms in total. The van der Waals surface area contributed by atoms with Crippen molar-refractivity contribution in [2.45, 2.75) is 52.5 Å². The molecule has 0 aliphatic rings. The molecule has 0 fully saturated rings. The average molecular weight is 442 g/mol. The molecule has 0 aliphatic heterocycles. The van der Waals surface area contributed by atoms with Crippen LogP contribution >= 0.6 is 23.2 Å². The molecule has 0 bridgehead atoms. The standard InChI is InChI=1S/C19H25Cl2N5O3/c1-3-5-7-11-25(18(28)12-8-9-13(20)23-15(12)21)14-16(22)26(10-6-4-2)19(29)24-17(14)27/h8-9H,3-7,10-11,22H2,1-2H3,(H,24,27,29). The number of H-pyrrole nitrogens is 1. The van der Waals surface area contributed by atoms with E-state index in [9.17, 15) is 14.4 Å². The number of carbonyl (C=O) groups is 1. The Balaban J connectivity index is 2.59. The van der Waals surface area contributed by atoms with E-state index in [2.05, 4.69) is 9.97 Å². The molecule has 3 N–H and O–H groups in total. The second-order valence-corrected chi connectivity index (χ2v) is 7.38. The molecule has 1 amide bonds. The molecule has 0 atom stereocenters. The van der Waals surface area contributed by atoms with Gasteiger partial charge in [-0.2, -0.15) is 0 Å². The van der Waals surface area contributed by atoms with Gasteiger partial charge in [0, 0.05) is 13.1 Å². The van der Waals surface area contributed by atoms with E-state index in [0.717, 1.165) is 19.3 Å². The molecule has 0 aromatic carbocycles. The number of carbonyl (C=O) groups excluding carboxylic acids is 1. The molecule has 0 saturated carbocycles. The number of amides is 1. The summed E-state index contributed by atoms with van der Waals surface area (Å²) in [6.07, 6.45) is 3.96. The van der Waals surface area contributed by atoms with Gasteiger partial charge in [0.15, 0.2) is 5.69 Å². The second kappa shape index (κ2) is 10.5. The lowest BCUT2D eigenvalue weighted by molar-refractivity contribution is 0.0986. The lowest BCUT2D eigenvalue weighted by Crippen LogP contribution is -2.41. The van der Waals surface area contributed by atoms with Crippen LogP contribution in [0.25, 0.3) is 0 Å². The molecule has 0 radical (unpaired) electrons. The number of nitrogen functional groups attached to an aromatic ring is 1. The van der Waals surface area contributed by atoms with Gasteiger partial charge in [-0.3, -0.25) is 19.1 Å². The quantitative estimate of drug-likeness (QED) is 0.456. The summed E-state index contributed by atoms with van der Waals surface area (Å²) in [6, 6.07) is 2.89. The Kier molecular flexibility index (Phi) is 8.28. The summed E-state index contributed by atoms with van der Waals surface area (Å²) in [5.74, 6) is -0.580. The first-order valence-electron chi connectivity index (χ1n) is 9.58. The molecule has 0 saturated heterocycles.